The summed E-state index contributed by atoms with van der Waals surface area (Å²) < 4.78 is 0. The van der Waals surface area contributed by atoms with Crippen LogP contribution in [0.4, 0.5) is 5.69 Å². The van der Waals surface area contributed by atoms with E-state index < -0.39 is 0 Å². The summed E-state index contributed by atoms with van der Waals surface area (Å²) in [7, 11) is 0. The molecule has 0 atom stereocenters. The molecular formula is C13H13NOS. The Morgan fingerprint density at radius 2 is 2.00 bits per heavy atom. The Kier molecular flexibility index (Phi) is 2.79. The number of thiophene rings is 1. The molecule has 0 amide bonds. The molecule has 0 aliphatic carbocycles. The van der Waals surface area contributed by atoms with Crippen molar-refractivity contribution in [3.63, 3.8) is 0 Å². The van der Waals surface area contributed by atoms with Gasteiger partial charge in [0.05, 0.1) is 4.88 Å². The number of anilines is 1. The first kappa shape index (κ1) is 10.9. The van der Waals surface area contributed by atoms with Crippen LogP contribution in [-0.2, 0) is 0 Å². The van der Waals surface area contributed by atoms with Gasteiger partial charge in [0.2, 0.25) is 5.78 Å². The van der Waals surface area contributed by atoms with Crippen LogP contribution in [0, 0.1) is 13.8 Å². The van der Waals surface area contributed by atoms with E-state index in [1.807, 2.05) is 37.4 Å². The molecule has 0 saturated carbocycles. The van der Waals surface area contributed by atoms with Gasteiger partial charge in [0.1, 0.15) is 0 Å². The van der Waals surface area contributed by atoms with Gasteiger partial charge in [-0.1, -0.05) is 12.1 Å². The Bertz CT molecular complexity index is 529. The molecule has 0 saturated heterocycles. The molecule has 1 aromatic heterocycles. The van der Waals surface area contributed by atoms with Crippen molar-refractivity contribution >= 4 is 22.8 Å². The minimum atomic E-state index is 0.0548. The predicted octanol–water partition coefficient (Wildman–Crippen LogP) is 3.18. The predicted molar refractivity (Wildman–Crippen MR) is 68.1 cm³/mol. The second-order valence-electron chi connectivity index (χ2n) is 3.83. The summed E-state index contributed by atoms with van der Waals surface area (Å²) in [6, 6.07) is 7.44. The number of carbonyl (C=O) groups excluding carboxylic acids is 1. The molecule has 0 fully saturated rings. The SMILES string of the molecule is Cc1cc(C)c(C(=O)c2cccs2)cc1N. The molecule has 2 rings (SSSR count). The van der Waals surface area contributed by atoms with Crippen LogP contribution in [0.5, 0.6) is 0 Å². The summed E-state index contributed by atoms with van der Waals surface area (Å²) in [5.41, 5.74) is 9.19. The largest absolute Gasteiger partial charge is 0.398 e. The molecule has 0 bridgehead atoms. The van der Waals surface area contributed by atoms with E-state index in [2.05, 4.69) is 0 Å². The van der Waals surface area contributed by atoms with Crippen molar-refractivity contribution in [1.29, 1.82) is 0 Å². The number of hydrogen-bond donors (Lipinski definition) is 1. The van der Waals surface area contributed by atoms with E-state index in [-0.39, 0.29) is 5.78 Å². The smallest absolute Gasteiger partial charge is 0.203 e. The van der Waals surface area contributed by atoms with Crippen molar-refractivity contribution < 1.29 is 4.79 Å². The first-order chi connectivity index (χ1) is 7.59. The van der Waals surface area contributed by atoms with Crippen molar-refractivity contribution in [2.45, 2.75) is 13.8 Å². The van der Waals surface area contributed by atoms with Gasteiger partial charge in [-0.3, -0.25) is 4.79 Å². The summed E-state index contributed by atoms with van der Waals surface area (Å²) in [4.78, 5) is 12.9. The lowest BCUT2D eigenvalue weighted by Gasteiger charge is -2.07. The van der Waals surface area contributed by atoms with Gasteiger partial charge >= 0.3 is 0 Å². The van der Waals surface area contributed by atoms with Crippen molar-refractivity contribution in [1.82, 2.24) is 0 Å². The van der Waals surface area contributed by atoms with Gasteiger partial charge in [0.15, 0.2) is 0 Å². The lowest BCUT2D eigenvalue weighted by atomic mass is 10.00. The molecule has 16 heavy (non-hydrogen) atoms. The third-order valence-electron chi connectivity index (χ3n) is 2.60. The molecule has 0 aliphatic heterocycles. The van der Waals surface area contributed by atoms with Gasteiger partial charge in [-0.2, -0.15) is 0 Å². The Labute approximate surface area is 98.7 Å². The minimum Gasteiger partial charge on any atom is -0.398 e. The highest BCUT2D eigenvalue weighted by molar-refractivity contribution is 7.12. The van der Waals surface area contributed by atoms with E-state index in [1.54, 1.807) is 6.07 Å². The average molecular weight is 231 g/mol. The number of aryl methyl sites for hydroxylation is 2. The molecular weight excluding hydrogens is 218 g/mol. The molecule has 82 valence electrons. The van der Waals surface area contributed by atoms with Crippen LogP contribution in [0.1, 0.15) is 26.4 Å². The van der Waals surface area contributed by atoms with Crippen LogP contribution in [0.3, 0.4) is 0 Å². The maximum Gasteiger partial charge on any atom is 0.203 e. The first-order valence-corrected chi connectivity index (χ1v) is 5.92. The number of rotatable bonds is 2. The van der Waals surface area contributed by atoms with Gasteiger partial charge in [-0.15, -0.1) is 11.3 Å². The molecule has 2 aromatic rings. The highest BCUT2D eigenvalue weighted by atomic mass is 32.1. The summed E-state index contributed by atoms with van der Waals surface area (Å²) in [6.07, 6.45) is 0. The topological polar surface area (TPSA) is 43.1 Å². The average Bonchev–Trinajstić information content (AvgIpc) is 2.75. The molecule has 0 aliphatic rings. The fourth-order valence-electron chi connectivity index (χ4n) is 1.65. The van der Waals surface area contributed by atoms with E-state index in [9.17, 15) is 4.79 Å². The van der Waals surface area contributed by atoms with E-state index in [1.165, 1.54) is 11.3 Å². The summed E-state index contributed by atoms with van der Waals surface area (Å²) in [6.45, 7) is 3.88. The summed E-state index contributed by atoms with van der Waals surface area (Å²) in [5.74, 6) is 0.0548. The monoisotopic (exact) mass is 231 g/mol. The number of carbonyl (C=O) groups is 1. The van der Waals surface area contributed by atoms with Crippen LogP contribution in [0.2, 0.25) is 0 Å². The fraction of sp³-hybridized carbons (Fsp3) is 0.154. The minimum absolute atomic E-state index is 0.0548. The van der Waals surface area contributed by atoms with E-state index in [0.717, 1.165) is 16.0 Å². The quantitative estimate of drug-likeness (QED) is 0.637. The molecule has 2 N–H and O–H groups in total. The van der Waals surface area contributed by atoms with Gasteiger partial charge in [0.25, 0.3) is 0 Å². The van der Waals surface area contributed by atoms with E-state index in [0.29, 0.717) is 11.3 Å². The number of nitrogens with two attached hydrogens (primary N) is 1. The van der Waals surface area contributed by atoms with Crippen molar-refractivity contribution in [2.24, 2.45) is 0 Å². The lowest BCUT2D eigenvalue weighted by Crippen LogP contribution is -2.04. The molecule has 1 aromatic carbocycles. The third kappa shape index (κ3) is 1.86. The standard InChI is InChI=1S/C13H13NOS/c1-8-6-9(2)11(14)7-10(8)13(15)12-4-3-5-16-12/h3-7H,14H2,1-2H3. The number of ketones is 1. The van der Waals surface area contributed by atoms with Crippen LogP contribution < -0.4 is 5.73 Å². The molecule has 3 heteroatoms. The molecule has 2 nitrogen and oxygen atoms in total. The van der Waals surface area contributed by atoms with Gasteiger partial charge in [-0.05, 0) is 42.5 Å². The van der Waals surface area contributed by atoms with Crippen LogP contribution in [-0.4, -0.2) is 5.78 Å². The summed E-state index contributed by atoms with van der Waals surface area (Å²) >= 11 is 1.45. The van der Waals surface area contributed by atoms with Gasteiger partial charge in [-0.25, -0.2) is 0 Å². The van der Waals surface area contributed by atoms with Crippen molar-refractivity contribution in [3.05, 3.63) is 51.2 Å². The first-order valence-electron chi connectivity index (χ1n) is 5.04. The molecule has 0 unspecified atom stereocenters. The van der Waals surface area contributed by atoms with Crippen LogP contribution >= 0.6 is 11.3 Å². The number of hydrogen-bond acceptors (Lipinski definition) is 3. The Hall–Kier alpha value is -1.61. The molecule has 1 heterocycles. The normalized spacial score (nSPS) is 10.4. The molecule has 0 spiro atoms. The van der Waals surface area contributed by atoms with Crippen molar-refractivity contribution in [3.8, 4) is 0 Å². The van der Waals surface area contributed by atoms with Gasteiger partial charge < -0.3 is 5.73 Å². The van der Waals surface area contributed by atoms with Crippen LogP contribution in [0.15, 0.2) is 29.6 Å². The fourth-order valence-corrected chi connectivity index (χ4v) is 2.33. The zero-order valence-corrected chi connectivity index (χ0v) is 10.1. The van der Waals surface area contributed by atoms with E-state index >= 15 is 0 Å². The second kappa shape index (κ2) is 4.10. The maximum atomic E-state index is 12.1. The lowest BCUT2D eigenvalue weighted by molar-refractivity contribution is 0.104. The summed E-state index contributed by atoms with van der Waals surface area (Å²) in [5, 5.41) is 1.90. The highest BCUT2D eigenvalue weighted by Crippen LogP contribution is 2.22. The highest BCUT2D eigenvalue weighted by Gasteiger charge is 2.13. The second-order valence-corrected chi connectivity index (χ2v) is 4.78. The number of nitrogen functional groups attached to an aromatic ring is 1. The van der Waals surface area contributed by atoms with Gasteiger partial charge in [0, 0.05) is 11.3 Å². The number of benzene rings is 1. The van der Waals surface area contributed by atoms with Crippen molar-refractivity contribution in [2.75, 3.05) is 5.73 Å². The Morgan fingerprint density at radius 3 is 2.62 bits per heavy atom. The molecule has 0 radical (unpaired) electrons. The third-order valence-corrected chi connectivity index (χ3v) is 3.47. The zero-order chi connectivity index (χ0) is 11.7. The van der Waals surface area contributed by atoms with E-state index in [4.69, 9.17) is 5.73 Å². The maximum absolute atomic E-state index is 12.1. The van der Waals surface area contributed by atoms with Crippen LogP contribution in [0.25, 0.3) is 0 Å². The Balaban J connectivity index is 2.49. The zero-order valence-electron chi connectivity index (χ0n) is 9.28. The Morgan fingerprint density at radius 1 is 1.25 bits per heavy atom.